The highest BCUT2D eigenvalue weighted by atomic mass is 31.2. The first-order chi connectivity index (χ1) is 16.0. The Hall–Kier alpha value is 0.135. The first-order valence-corrected chi connectivity index (χ1v) is 14.8. The van der Waals surface area contributed by atoms with Crippen molar-refractivity contribution in [3.63, 3.8) is 0 Å². The van der Waals surface area contributed by atoms with Gasteiger partial charge in [-0.3, -0.25) is 0 Å². The van der Waals surface area contributed by atoms with Crippen LogP contribution in [0.1, 0.15) is 75.2 Å². The van der Waals surface area contributed by atoms with Gasteiger partial charge in [0.25, 0.3) is 17.1 Å². The summed E-state index contributed by atoms with van der Waals surface area (Å²) in [6.45, 7) is 27.7. The lowest BCUT2D eigenvalue weighted by Gasteiger charge is -2.38. The van der Waals surface area contributed by atoms with Crippen molar-refractivity contribution in [1.29, 1.82) is 0 Å². The lowest BCUT2D eigenvalue weighted by atomic mass is 9.96. The molecule has 0 aliphatic carbocycles. The highest BCUT2D eigenvalue weighted by Crippen LogP contribution is 2.50. The molecule has 196 valence electrons. The molecule has 1 fully saturated rings. The molecule has 1 aliphatic rings. The van der Waals surface area contributed by atoms with Crippen LogP contribution >= 0.6 is 17.1 Å². The molecule has 1 aliphatic heterocycles. The van der Waals surface area contributed by atoms with Gasteiger partial charge in [-0.25, -0.2) is 15.9 Å². The zero-order chi connectivity index (χ0) is 25.8. The second-order valence-electron chi connectivity index (χ2n) is 9.49. The standard InChI is InChI=1S/C23H46BN3O5P2/c1-11-21-22(16-23(24)31-21)32-34(27(19(6)7)20(8)9)30-15-14-29-33(28-13-12-25-10)26(17(2)3)18(4)5/h17-23H,11-16H2,1-9H3/t21-,22?,23-,33?,34?/m1/s1. The Balaban J connectivity index is 2.83. The fourth-order valence-electron chi connectivity index (χ4n) is 4.00. The van der Waals surface area contributed by atoms with E-state index >= 15 is 0 Å². The summed E-state index contributed by atoms with van der Waals surface area (Å²) in [5, 5.41) is 0. The molecule has 1 rings (SSSR count). The largest absolute Gasteiger partial charge is 0.382 e. The number of hydrogen-bond acceptors (Lipinski definition) is 7. The first kappa shape index (κ1) is 32.2. The molecule has 0 spiro atoms. The highest BCUT2D eigenvalue weighted by molar-refractivity contribution is 7.45. The zero-order valence-electron chi connectivity index (χ0n) is 22.6. The summed E-state index contributed by atoms with van der Waals surface area (Å²) in [6, 6.07) is 0.741. The highest BCUT2D eigenvalue weighted by Gasteiger charge is 2.38. The van der Waals surface area contributed by atoms with Crippen LogP contribution in [0.5, 0.6) is 0 Å². The molecule has 34 heavy (non-hydrogen) atoms. The molecule has 5 atom stereocenters. The summed E-state index contributed by atoms with van der Waals surface area (Å²) >= 11 is 0. The molecule has 2 radical (unpaired) electrons. The Kier molecular flexibility index (Phi) is 15.9. The van der Waals surface area contributed by atoms with Gasteiger partial charge >= 0.3 is 0 Å². The van der Waals surface area contributed by atoms with Crippen LogP contribution in [-0.2, 0) is 22.8 Å². The van der Waals surface area contributed by atoms with Gasteiger partial charge in [-0.1, -0.05) is 6.92 Å². The van der Waals surface area contributed by atoms with Crippen molar-refractivity contribution in [2.24, 2.45) is 0 Å². The van der Waals surface area contributed by atoms with Crippen LogP contribution in [0, 0.1) is 6.57 Å². The molecule has 8 nitrogen and oxygen atoms in total. The van der Waals surface area contributed by atoms with Gasteiger partial charge in [0.1, 0.15) is 14.5 Å². The van der Waals surface area contributed by atoms with Crippen LogP contribution in [0.4, 0.5) is 0 Å². The van der Waals surface area contributed by atoms with E-state index in [2.05, 4.69) is 76.5 Å². The van der Waals surface area contributed by atoms with Crippen LogP contribution in [0.2, 0.25) is 0 Å². The fourth-order valence-corrected chi connectivity index (χ4v) is 7.30. The van der Waals surface area contributed by atoms with Gasteiger partial charge in [-0.15, -0.1) is 0 Å². The molecule has 0 amide bonds. The minimum Gasteiger partial charge on any atom is -0.382 e. The third-order valence-corrected chi connectivity index (χ3v) is 9.51. The van der Waals surface area contributed by atoms with Crippen molar-refractivity contribution < 1.29 is 22.8 Å². The molecule has 0 aromatic carbocycles. The third kappa shape index (κ3) is 10.6. The predicted octanol–water partition coefficient (Wildman–Crippen LogP) is 5.73. The summed E-state index contributed by atoms with van der Waals surface area (Å²) < 4.78 is 35.3. The lowest BCUT2D eigenvalue weighted by molar-refractivity contribution is 0.0303. The van der Waals surface area contributed by atoms with Gasteiger partial charge in [0.05, 0.1) is 25.4 Å². The first-order valence-electron chi connectivity index (χ1n) is 12.5. The van der Waals surface area contributed by atoms with E-state index in [0.717, 1.165) is 6.42 Å². The Morgan fingerprint density at radius 1 is 0.882 bits per heavy atom. The molecular weight excluding hydrogens is 471 g/mol. The maximum absolute atomic E-state index is 7.02. The minimum absolute atomic E-state index is 0.0182. The van der Waals surface area contributed by atoms with E-state index in [4.69, 9.17) is 37.3 Å². The molecule has 3 unspecified atom stereocenters. The van der Waals surface area contributed by atoms with E-state index in [1.54, 1.807) is 0 Å². The van der Waals surface area contributed by atoms with Crippen LogP contribution < -0.4 is 0 Å². The maximum Gasteiger partial charge on any atom is 0.259 e. The molecule has 0 bridgehead atoms. The number of ether oxygens (including phenoxy) is 1. The molecule has 1 saturated heterocycles. The minimum atomic E-state index is -1.32. The van der Waals surface area contributed by atoms with Gasteiger partial charge in [-0.05, 0) is 68.2 Å². The Bertz CT molecular complexity index is 581. The Morgan fingerprint density at radius 2 is 1.35 bits per heavy atom. The SMILES string of the molecule is [B][C@H]1CC(OP(OCCOP(OCC[N+]#[C-])N(C(C)C)C(C)C)N(C(C)C)C(C)C)[C@@H](CC)O1. The number of hydrogen-bond donors (Lipinski definition) is 0. The zero-order valence-corrected chi connectivity index (χ0v) is 24.4. The quantitative estimate of drug-likeness (QED) is 0.106. The van der Waals surface area contributed by atoms with Crippen LogP contribution in [0.25, 0.3) is 4.85 Å². The lowest BCUT2D eigenvalue weighted by Crippen LogP contribution is -2.36. The van der Waals surface area contributed by atoms with Crippen LogP contribution in [0.15, 0.2) is 0 Å². The van der Waals surface area contributed by atoms with Gasteiger partial charge in [-0.2, -0.15) is 0 Å². The second-order valence-corrected chi connectivity index (χ2v) is 12.4. The van der Waals surface area contributed by atoms with Crippen molar-refractivity contribution in [3.8, 4) is 0 Å². The molecule has 11 heteroatoms. The summed E-state index contributed by atoms with van der Waals surface area (Å²) in [7, 11) is 3.43. The summed E-state index contributed by atoms with van der Waals surface area (Å²) in [5.74, 6) is 0. The molecule has 0 N–H and O–H groups in total. The second kappa shape index (κ2) is 16.8. The van der Waals surface area contributed by atoms with E-state index in [1.165, 1.54) is 0 Å². The average Bonchev–Trinajstić information content (AvgIpc) is 3.08. The number of rotatable bonds is 17. The van der Waals surface area contributed by atoms with E-state index in [0.29, 0.717) is 32.8 Å². The fraction of sp³-hybridized carbons (Fsp3) is 0.957. The molecule has 0 aromatic heterocycles. The van der Waals surface area contributed by atoms with Gasteiger partial charge in [0.2, 0.25) is 6.54 Å². The Morgan fingerprint density at radius 3 is 1.82 bits per heavy atom. The molecule has 1 heterocycles. The van der Waals surface area contributed by atoms with Gasteiger partial charge in [0.15, 0.2) is 0 Å². The molecular formula is C23H46BN3O5P2. The van der Waals surface area contributed by atoms with E-state index < -0.39 is 17.1 Å². The van der Waals surface area contributed by atoms with Gasteiger partial charge in [0, 0.05) is 30.2 Å². The van der Waals surface area contributed by atoms with Crippen molar-refractivity contribution in [1.82, 2.24) is 9.34 Å². The summed E-state index contributed by atoms with van der Waals surface area (Å²) in [6.07, 6.45) is 1.41. The average molecular weight is 517 g/mol. The van der Waals surface area contributed by atoms with Crippen LogP contribution in [0.3, 0.4) is 0 Å². The topological polar surface area (TPSA) is 57.0 Å². The van der Waals surface area contributed by atoms with E-state index in [1.807, 2.05) is 0 Å². The van der Waals surface area contributed by atoms with Gasteiger partial charge < -0.3 is 27.7 Å². The summed E-state index contributed by atoms with van der Waals surface area (Å²) in [5.41, 5.74) is 0. The van der Waals surface area contributed by atoms with Crippen molar-refractivity contribution in [2.75, 3.05) is 26.4 Å². The van der Waals surface area contributed by atoms with Crippen molar-refractivity contribution >= 4 is 24.9 Å². The van der Waals surface area contributed by atoms with Crippen molar-refractivity contribution in [2.45, 2.75) is 118 Å². The smallest absolute Gasteiger partial charge is 0.259 e. The molecule has 0 aromatic rings. The number of nitrogens with zero attached hydrogens (tertiary/aromatic N) is 3. The predicted molar refractivity (Wildman–Crippen MR) is 142 cm³/mol. The monoisotopic (exact) mass is 517 g/mol. The maximum atomic E-state index is 7.02. The molecule has 0 saturated carbocycles. The summed E-state index contributed by atoms with van der Waals surface area (Å²) in [4.78, 5) is 3.39. The van der Waals surface area contributed by atoms with E-state index in [-0.39, 0.29) is 42.4 Å². The Labute approximate surface area is 212 Å². The normalized spacial score (nSPS) is 23.1. The third-order valence-electron chi connectivity index (χ3n) is 5.24. The van der Waals surface area contributed by atoms with Crippen LogP contribution in [-0.4, -0.2) is 85.9 Å². The van der Waals surface area contributed by atoms with E-state index in [9.17, 15) is 0 Å². The van der Waals surface area contributed by atoms with Crippen molar-refractivity contribution in [3.05, 3.63) is 11.4 Å².